The Bertz CT molecular complexity index is 693. The molecule has 0 aliphatic heterocycles. The lowest BCUT2D eigenvalue weighted by atomic mass is 10.2. The summed E-state index contributed by atoms with van der Waals surface area (Å²) >= 11 is 0. The van der Waals surface area contributed by atoms with Crippen LogP contribution in [0.2, 0.25) is 0 Å². The van der Waals surface area contributed by atoms with Crippen LogP contribution in [0.3, 0.4) is 0 Å². The van der Waals surface area contributed by atoms with Crippen molar-refractivity contribution in [1.82, 2.24) is 0 Å². The molecule has 0 amide bonds. The van der Waals surface area contributed by atoms with Crippen molar-refractivity contribution in [1.29, 1.82) is 5.26 Å². The second kappa shape index (κ2) is 6.14. The average Bonchev–Trinajstić information content (AvgIpc) is 2.42. The van der Waals surface area contributed by atoms with E-state index in [-0.39, 0.29) is 11.7 Å². The Labute approximate surface area is 122 Å². The standard InChI is InChI=1S/C16H15FN2O2/c1-10(2)20-16-8-13(5-6-15(16)19)21-12-4-3-11(9-18)14(17)7-12/h3-8,10H,19H2,1-2H3. The van der Waals surface area contributed by atoms with E-state index in [2.05, 4.69) is 0 Å². The molecule has 0 saturated heterocycles. The molecule has 0 aliphatic carbocycles. The predicted octanol–water partition coefficient (Wildman–Crippen LogP) is 3.86. The van der Waals surface area contributed by atoms with Gasteiger partial charge in [0, 0.05) is 12.1 Å². The van der Waals surface area contributed by atoms with Crippen LogP contribution in [0.5, 0.6) is 17.2 Å². The topological polar surface area (TPSA) is 68.3 Å². The number of hydrogen-bond donors (Lipinski definition) is 1. The number of ether oxygens (including phenoxy) is 2. The third kappa shape index (κ3) is 3.63. The first-order chi connectivity index (χ1) is 9.99. The quantitative estimate of drug-likeness (QED) is 0.866. The third-order valence-corrected chi connectivity index (χ3v) is 2.64. The zero-order chi connectivity index (χ0) is 15.4. The number of anilines is 1. The van der Waals surface area contributed by atoms with E-state index in [0.29, 0.717) is 22.9 Å². The van der Waals surface area contributed by atoms with Crippen LogP contribution >= 0.6 is 0 Å². The van der Waals surface area contributed by atoms with Crippen LogP contribution in [0.4, 0.5) is 10.1 Å². The van der Waals surface area contributed by atoms with Crippen molar-refractivity contribution in [2.75, 3.05) is 5.73 Å². The first kappa shape index (κ1) is 14.7. The molecule has 108 valence electrons. The second-order valence-electron chi connectivity index (χ2n) is 4.72. The lowest BCUT2D eigenvalue weighted by Gasteiger charge is -2.14. The van der Waals surface area contributed by atoms with Crippen LogP contribution in [0.25, 0.3) is 0 Å². The van der Waals surface area contributed by atoms with E-state index >= 15 is 0 Å². The Morgan fingerprint density at radius 3 is 2.43 bits per heavy atom. The lowest BCUT2D eigenvalue weighted by molar-refractivity contribution is 0.243. The van der Waals surface area contributed by atoms with E-state index in [0.717, 1.165) is 6.07 Å². The maximum atomic E-state index is 13.5. The van der Waals surface area contributed by atoms with Crippen molar-refractivity contribution in [3.8, 4) is 23.3 Å². The number of hydrogen-bond acceptors (Lipinski definition) is 4. The maximum Gasteiger partial charge on any atom is 0.146 e. The van der Waals surface area contributed by atoms with Gasteiger partial charge in [-0.05, 0) is 38.1 Å². The summed E-state index contributed by atoms with van der Waals surface area (Å²) in [5.41, 5.74) is 6.29. The molecule has 0 bridgehead atoms. The Morgan fingerprint density at radius 1 is 1.14 bits per heavy atom. The van der Waals surface area contributed by atoms with Crippen molar-refractivity contribution in [3.63, 3.8) is 0 Å². The van der Waals surface area contributed by atoms with E-state index in [9.17, 15) is 4.39 Å². The minimum atomic E-state index is -0.621. The largest absolute Gasteiger partial charge is 0.489 e. The van der Waals surface area contributed by atoms with E-state index in [4.69, 9.17) is 20.5 Å². The van der Waals surface area contributed by atoms with Gasteiger partial charge in [-0.1, -0.05) is 0 Å². The third-order valence-electron chi connectivity index (χ3n) is 2.64. The van der Waals surface area contributed by atoms with Crippen LogP contribution < -0.4 is 15.2 Å². The number of nitriles is 1. The van der Waals surface area contributed by atoms with Gasteiger partial charge in [0.2, 0.25) is 0 Å². The monoisotopic (exact) mass is 286 g/mol. The molecule has 0 aromatic heterocycles. The molecule has 0 unspecified atom stereocenters. The van der Waals surface area contributed by atoms with Gasteiger partial charge in [-0.25, -0.2) is 4.39 Å². The van der Waals surface area contributed by atoms with Gasteiger partial charge in [0.25, 0.3) is 0 Å². The SMILES string of the molecule is CC(C)Oc1cc(Oc2ccc(C#N)c(F)c2)ccc1N. The van der Waals surface area contributed by atoms with Crippen LogP contribution in [0.1, 0.15) is 19.4 Å². The van der Waals surface area contributed by atoms with E-state index in [1.54, 1.807) is 24.3 Å². The molecule has 0 heterocycles. The Morgan fingerprint density at radius 2 is 1.81 bits per heavy atom. The summed E-state index contributed by atoms with van der Waals surface area (Å²) in [6, 6.07) is 10.8. The normalized spacial score (nSPS) is 10.2. The molecule has 2 N–H and O–H groups in total. The predicted molar refractivity (Wildman–Crippen MR) is 77.8 cm³/mol. The summed E-state index contributed by atoms with van der Waals surface area (Å²) in [4.78, 5) is 0. The number of nitrogens with two attached hydrogens (primary N) is 1. The summed E-state index contributed by atoms with van der Waals surface area (Å²) in [5.74, 6) is 0.663. The molecule has 0 aliphatic rings. The Balaban J connectivity index is 2.24. The number of nitrogen functional groups attached to an aromatic ring is 1. The molecule has 2 rings (SSSR count). The van der Waals surface area contributed by atoms with Crippen LogP contribution in [-0.2, 0) is 0 Å². The summed E-state index contributed by atoms with van der Waals surface area (Å²) < 4.78 is 24.6. The number of rotatable bonds is 4. The van der Waals surface area contributed by atoms with Gasteiger partial charge in [-0.2, -0.15) is 5.26 Å². The lowest BCUT2D eigenvalue weighted by Crippen LogP contribution is -2.07. The van der Waals surface area contributed by atoms with Gasteiger partial charge < -0.3 is 15.2 Å². The highest BCUT2D eigenvalue weighted by atomic mass is 19.1. The molecule has 0 fully saturated rings. The second-order valence-corrected chi connectivity index (χ2v) is 4.72. The van der Waals surface area contributed by atoms with Gasteiger partial charge in [0.15, 0.2) is 0 Å². The maximum absolute atomic E-state index is 13.5. The highest BCUT2D eigenvalue weighted by Gasteiger charge is 2.08. The van der Waals surface area contributed by atoms with E-state index in [1.165, 1.54) is 12.1 Å². The minimum absolute atomic E-state index is 0.0186. The molecule has 5 heteroatoms. The van der Waals surface area contributed by atoms with Crippen molar-refractivity contribution < 1.29 is 13.9 Å². The zero-order valence-electron chi connectivity index (χ0n) is 11.8. The van der Waals surface area contributed by atoms with Gasteiger partial charge in [-0.15, -0.1) is 0 Å². The molecule has 0 radical (unpaired) electrons. The van der Waals surface area contributed by atoms with Crippen molar-refractivity contribution in [2.24, 2.45) is 0 Å². The molecule has 0 spiro atoms. The van der Waals surface area contributed by atoms with Crippen molar-refractivity contribution in [3.05, 3.63) is 47.8 Å². The van der Waals surface area contributed by atoms with Crippen molar-refractivity contribution >= 4 is 5.69 Å². The first-order valence-corrected chi connectivity index (χ1v) is 6.43. The molecular formula is C16H15FN2O2. The summed E-state index contributed by atoms with van der Waals surface area (Å²) in [7, 11) is 0. The molecule has 21 heavy (non-hydrogen) atoms. The average molecular weight is 286 g/mol. The molecule has 2 aromatic rings. The molecule has 0 saturated carbocycles. The van der Waals surface area contributed by atoms with Crippen LogP contribution in [0.15, 0.2) is 36.4 Å². The van der Waals surface area contributed by atoms with Gasteiger partial charge in [0.05, 0.1) is 17.4 Å². The summed E-state index contributed by atoms with van der Waals surface area (Å²) in [6.45, 7) is 3.78. The minimum Gasteiger partial charge on any atom is -0.489 e. The van der Waals surface area contributed by atoms with Crippen molar-refractivity contribution in [2.45, 2.75) is 20.0 Å². The summed E-state index contributed by atoms with van der Waals surface area (Å²) in [5, 5.41) is 8.69. The van der Waals surface area contributed by atoms with Gasteiger partial charge in [0.1, 0.15) is 29.1 Å². The van der Waals surface area contributed by atoms with Crippen LogP contribution in [0, 0.1) is 17.1 Å². The van der Waals surface area contributed by atoms with E-state index < -0.39 is 5.82 Å². The Kier molecular flexibility index (Phi) is 4.29. The fourth-order valence-corrected chi connectivity index (χ4v) is 1.72. The summed E-state index contributed by atoms with van der Waals surface area (Å²) in [6.07, 6.45) is -0.0186. The molecular weight excluding hydrogens is 271 g/mol. The van der Waals surface area contributed by atoms with Gasteiger partial charge in [-0.3, -0.25) is 0 Å². The smallest absolute Gasteiger partial charge is 0.146 e. The van der Waals surface area contributed by atoms with Crippen LogP contribution in [-0.4, -0.2) is 6.10 Å². The highest BCUT2D eigenvalue weighted by Crippen LogP contribution is 2.31. The molecule has 0 atom stereocenters. The fraction of sp³-hybridized carbons (Fsp3) is 0.188. The first-order valence-electron chi connectivity index (χ1n) is 6.43. The Hall–Kier alpha value is -2.74. The fourth-order valence-electron chi connectivity index (χ4n) is 1.72. The highest BCUT2D eigenvalue weighted by molar-refractivity contribution is 5.56. The number of halogens is 1. The van der Waals surface area contributed by atoms with E-state index in [1.807, 2.05) is 13.8 Å². The molecule has 4 nitrogen and oxygen atoms in total. The van der Waals surface area contributed by atoms with Gasteiger partial charge >= 0.3 is 0 Å². The number of nitrogens with zero attached hydrogens (tertiary/aromatic N) is 1. The number of benzene rings is 2. The zero-order valence-corrected chi connectivity index (χ0v) is 11.8. The molecule has 2 aromatic carbocycles.